The Bertz CT molecular complexity index is 680. The summed E-state index contributed by atoms with van der Waals surface area (Å²) in [5.74, 6) is -0.132. The van der Waals surface area contributed by atoms with Crippen molar-refractivity contribution >= 4 is 5.97 Å². The molecule has 0 fully saturated rings. The minimum absolute atomic E-state index is 0.0585. The molecule has 0 spiro atoms. The van der Waals surface area contributed by atoms with E-state index in [-0.39, 0.29) is 12.1 Å². The highest BCUT2D eigenvalue weighted by molar-refractivity contribution is 5.90. The van der Waals surface area contributed by atoms with Crippen molar-refractivity contribution in [3.05, 3.63) is 11.6 Å². The van der Waals surface area contributed by atoms with Gasteiger partial charge in [0.2, 0.25) is 0 Å². The van der Waals surface area contributed by atoms with Crippen LogP contribution >= 0.6 is 0 Å². The molecule has 0 aromatic rings. The summed E-state index contributed by atoms with van der Waals surface area (Å²) < 4.78 is 5.14. The van der Waals surface area contributed by atoms with Gasteiger partial charge in [-0.05, 0) is 51.5 Å². The molecule has 0 amide bonds. The predicted octanol–water partition coefficient (Wildman–Crippen LogP) is 8.85. The van der Waals surface area contributed by atoms with Gasteiger partial charge in [0.15, 0.2) is 0 Å². The molecule has 0 radical (unpaired) electrons. The number of carbonyl (C=O) groups excluding carboxylic acids is 1. The van der Waals surface area contributed by atoms with Crippen molar-refractivity contribution in [3.8, 4) is 0 Å². The van der Waals surface area contributed by atoms with Gasteiger partial charge in [-0.25, -0.2) is 4.79 Å². The van der Waals surface area contributed by atoms with Crippen LogP contribution in [0.5, 0.6) is 0 Å². The molecule has 1 aliphatic heterocycles. The summed E-state index contributed by atoms with van der Waals surface area (Å²) in [5, 5.41) is 41.2. The zero-order valence-corrected chi connectivity index (χ0v) is 28.2. The third-order valence-corrected chi connectivity index (χ3v) is 9.18. The number of esters is 1. The van der Waals surface area contributed by atoms with E-state index in [0.29, 0.717) is 25.7 Å². The van der Waals surface area contributed by atoms with Crippen LogP contribution in [-0.4, -0.2) is 56.9 Å². The first-order chi connectivity index (χ1) is 20.8. The van der Waals surface area contributed by atoms with E-state index in [0.717, 1.165) is 56.9 Å². The molecule has 0 saturated carbocycles. The monoisotopic (exact) mass is 611 g/mol. The topological polar surface area (TPSA) is 107 Å². The average molecular weight is 611 g/mol. The first-order valence-corrected chi connectivity index (χ1v) is 18.5. The number of hydrogen-bond donors (Lipinski definition) is 4. The predicted molar refractivity (Wildman–Crippen MR) is 178 cm³/mol. The third kappa shape index (κ3) is 22.2. The Hall–Kier alpha value is -0.950. The van der Waals surface area contributed by atoms with Crippen molar-refractivity contribution in [1.82, 2.24) is 0 Å². The molecule has 0 aromatic heterocycles. The number of unbranched alkanes of at least 4 members (excludes halogenated alkanes) is 19. The molecular weight excluding hydrogens is 540 g/mol. The largest absolute Gasteiger partial charge is 0.455 e. The van der Waals surface area contributed by atoms with Crippen molar-refractivity contribution < 1.29 is 30.0 Å². The molecule has 1 heterocycles. The summed E-state index contributed by atoms with van der Waals surface area (Å²) in [6.07, 6.45) is 28.2. The number of hydrogen-bond acceptors (Lipinski definition) is 6. The molecule has 254 valence electrons. The lowest BCUT2D eigenvalue weighted by Crippen LogP contribution is -2.27. The highest BCUT2D eigenvalue weighted by atomic mass is 16.5. The van der Waals surface area contributed by atoms with Crippen molar-refractivity contribution in [3.63, 3.8) is 0 Å². The summed E-state index contributed by atoms with van der Waals surface area (Å²) in [6, 6.07) is 0. The highest BCUT2D eigenvalue weighted by Crippen LogP contribution is 2.21. The second-order valence-electron chi connectivity index (χ2n) is 13.4. The van der Waals surface area contributed by atoms with Gasteiger partial charge in [0.25, 0.3) is 0 Å². The van der Waals surface area contributed by atoms with Crippen LogP contribution in [0.4, 0.5) is 0 Å². The van der Waals surface area contributed by atoms with Gasteiger partial charge < -0.3 is 25.2 Å². The maximum absolute atomic E-state index is 11.6. The summed E-state index contributed by atoms with van der Waals surface area (Å²) in [4.78, 5) is 11.6. The number of cyclic esters (lactones) is 1. The van der Waals surface area contributed by atoms with Gasteiger partial charge in [-0.1, -0.05) is 142 Å². The second kappa shape index (κ2) is 27.4. The van der Waals surface area contributed by atoms with Gasteiger partial charge in [0.05, 0.1) is 24.4 Å². The zero-order chi connectivity index (χ0) is 31.5. The van der Waals surface area contributed by atoms with Crippen molar-refractivity contribution in [2.45, 2.75) is 218 Å². The van der Waals surface area contributed by atoms with Crippen LogP contribution in [0.25, 0.3) is 0 Å². The number of ether oxygens (including phenoxy) is 1. The smallest absolute Gasteiger partial charge is 0.334 e. The van der Waals surface area contributed by atoms with Crippen LogP contribution in [-0.2, 0) is 9.53 Å². The Morgan fingerprint density at radius 3 is 1.16 bits per heavy atom. The minimum Gasteiger partial charge on any atom is -0.455 e. The maximum atomic E-state index is 11.6. The molecule has 0 bridgehead atoms. The van der Waals surface area contributed by atoms with Gasteiger partial charge in [0.1, 0.15) is 6.10 Å². The molecule has 0 aromatic carbocycles. The average Bonchev–Trinajstić information content (AvgIpc) is 3.32. The Labute approximate surface area is 265 Å². The number of rotatable bonds is 31. The molecule has 6 heteroatoms. The molecule has 1 rings (SSSR count). The zero-order valence-electron chi connectivity index (χ0n) is 28.2. The van der Waals surface area contributed by atoms with E-state index in [4.69, 9.17) is 4.74 Å². The van der Waals surface area contributed by atoms with Gasteiger partial charge in [-0.3, -0.25) is 0 Å². The third-order valence-electron chi connectivity index (χ3n) is 9.18. The highest BCUT2D eigenvalue weighted by Gasteiger charge is 2.21. The van der Waals surface area contributed by atoms with Gasteiger partial charge in [0, 0.05) is 5.57 Å². The summed E-state index contributed by atoms with van der Waals surface area (Å²) in [6.45, 7) is 4.15. The lowest BCUT2D eigenvalue weighted by Gasteiger charge is -2.20. The van der Waals surface area contributed by atoms with E-state index in [9.17, 15) is 25.2 Å². The van der Waals surface area contributed by atoms with E-state index < -0.39 is 24.4 Å². The Balaban J connectivity index is 1.87. The minimum atomic E-state index is -0.701. The summed E-state index contributed by atoms with van der Waals surface area (Å²) in [5.41, 5.74) is 0.853. The van der Waals surface area contributed by atoms with Crippen LogP contribution in [0, 0.1) is 0 Å². The molecule has 1 aliphatic rings. The fourth-order valence-electron chi connectivity index (χ4n) is 6.22. The normalized spacial score (nSPS) is 18.0. The molecule has 43 heavy (non-hydrogen) atoms. The Kier molecular flexibility index (Phi) is 25.5. The Morgan fingerprint density at radius 1 is 0.535 bits per heavy atom. The fraction of sp³-hybridized carbons (Fsp3) is 0.919. The van der Waals surface area contributed by atoms with Crippen molar-refractivity contribution in [2.24, 2.45) is 0 Å². The van der Waals surface area contributed by atoms with E-state index in [1.807, 2.05) is 13.0 Å². The van der Waals surface area contributed by atoms with E-state index >= 15 is 0 Å². The summed E-state index contributed by atoms with van der Waals surface area (Å²) in [7, 11) is 0. The number of carbonyl (C=O) groups is 1. The van der Waals surface area contributed by atoms with Crippen LogP contribution in [0.3, 0.4) is 0 Å². The molecule has 6 nitrogen and oxygen atoms in total. The standard InChI is InChI=1S/C37H70O6/c1-3-4-5-6-7-8-12-15-18-21-26-33(38)35(40)28-23-24-29-36(41)34(39)27-22-19-16-13-10-9-11-14-17-20-25-32-30-31(2)43-37(32)42/h30-31,33-36,38-41H,3-29H2,1-2H3/t31-,33?,34?,35?,36?/m0/s1. The van der Waals surface area contributed by atoms with Gasteiger partial charge >= 0.3 is 5.97 Å². The quantitative estimate of drug-likeness (QED) is 0.0461. The van der Waals surface area contributed by atoms with Crippen LogP contribution in [0.15, 0.2) is 11.6 Å². The maximum Gasteiger partial charge on any atom is 0.334 e. The first-order valence-electron chi connectivity index (χ1n) is 18.5. The van der Waals surface area contributed by atoms with Crippen molar-refractivity contribution in [2.75, 3.05) is 0 Å². The van der Waals surface area contributed by atoms with Crippen LogP contribution < -0.4 is 0 Å². The second-order valence-corrected chi connectivity index (χ2v) is 13.4. The van der Waals surface area contributed by atoms with Gasteiger partial charge in [-0.15, -0.1) is 0 Å². The van der Waals surface area contributed by atoms with E-state index in [2.05, 4.69) is 6.92 Å². The molecule has 4 unspecified atom stereocenters. The number of aliphatic hydroxyl groups is 4. The molecule has 0 aliphatic carbocycles. The first kappa shape index (κ1) is 40.1. The fourth-order valence-corrected chi connectivity index (χ4v) is 6.22. The molecule has 4 N–H and O–H groups in total. The lowest BCUT2D eigenvalue weighted by molar-refractivity contribution is -0.139. The molecule has 5 atom stereocenters. The Morgan fingerprint density at radius 2 is 0.837 bits per heavy atom. The molecule has 0 saturated heterocycles. The molecular formula is C37H70O6. The number of aliphatic hydroxyl groups excluding tert-OH is 4. The SMILES string of the molecule is CCCCCCCCCCCCC(O)C(O)CCCCC(O)C(O)CCCCCCCCCCCCC1=C[C@H](C)OC1=O. The van der Waals surface area contributed by atoms with E-state index in [1.54, 1.807) is 0 Å². The van der Waals surface area contributed by atoms with E-state index in [1.165, 1.54) is 96.3 Å². The van der Waals surface area contributed by atoms with Gasteiger partial charge in [-0.2, -0.15) is 0 Å². The van der Waals surface area contributed by atoms with Crippen molar-refractivity contribution in [1.29, 1.82) is 0 Å². The van der Waals surface area contributed by atoms with Crippen LogP contribution in [0.2, 0.25) is 0 Å². The van der Waals surface area contributed by atoms with Crippen LogP contribution in [0.1, 0.15) is 187 Å². The lowest BCUT2D eigenvalue weighted by atomic mass is 9.97. The summed E-state index contributed by atoms with van der Waals surface area (Å²) >= 11 is 0.